The van der Waals surface area contributed by atoms with Crippen LogP contribution in [0.15, 0.2) is 0 Å². The summed E-state index contributed by atoms with van der Waals surface area (Å²) in [4.78, 5) is 13.8. The Hall–Kier alpha value is -0.770. The van der Waals surface area contributed by atoms with Crippen molar-refractivity contribution in [3.63, 3.8) is 0 Å². The maximum atomic E-state index is 12.0. The van der Waals surface area contributed by atoms with Gasteiger partial charge in [0, 0.05) is 19.1 Å². The van der Waals surface area contributed by atoms with Crippen LogP contribution in [0.2, 0.25) is 0 Å². The van der Waals surface area contributed by atoms with E-state index in [2.05, 4.69) is 12.2 Å². The Morgan fingerprint density at radius 2 is 2.00 bits per heavy atom. The summed E-state index contributed by atoms with van der Waals surface area (Å²) in [5.74, 6) is 1.54. The lowest BCUT2D eigenvalue weighted by atomic mass is 10.1. The normalized spacial score (nSPS) is 24.8. The van der Waals surface area contributed by atoms with Crippen molar-refractivity contribution in [1.82, 2.24) is 10.2 Å². The van der Waals surface area contributed by atoms with Crippen LogP contribution in [0.5, 0.6) is 0 Å². The number of carbonyl (C=O) groups excluding carboxylic acids is 1. The van der Waals surface area contributed by atoms with Crippen molar-refractivity contribution in [2.45, 2.75) is 65.0 Å². The van der Waals surface area contributed by atoms with Gasteiger partial charge in [0.05, 0.1) is 0 Å². The minimum atomic E-state index is -0.397. The highest BCUT2D eigenvalue weighted by atomic mass is 16.6. The molecule has 1 amide bonds. The van der Waals surface area contributed by atoms with E-state index < -0.39 is 5.60 Å². The molecule has 1 N–H and O–H groups in total. The Morgan fingerprint density at radius 1 is 1.30 bits per heavy atom. The molecule has 1 heterocycles. The summed E-state index contributed by atoms with van der Waals surface area (Å²) in [6, 6.07) is 0.609. The number of carbonyl (C=O) groups is 1. The molecule has 2 unspecified atom stereocenters. The monoisotopic (exact) mass is 282 g/mol. The van der Waals surface area contributed by atoms with Crippen LogP contribution < -0.4 is 5.32 Å². The van der Waals surface area contributed by atoms with Gasteiger partial charge in [-0.1, -0.05) is 12.8 Å². The third-order valence-corrected chi connectivity index (χ3v) is 4.08. The molecule has 20 heavy (non-hydrogen) atoms. The van der Waals surface area contributed by atoms with Gasteiger partial charge in [-0.15, -0.1) is 0 Å². The van der Waals surface area contributed by atoms with Gasteiger partial charge in [0.15, 0.2) is 0 Å². The quantitative estimate of drug-likeness (QED) is 0.842. The van der Waals surface area contributed by atoms with E-state index in [1.807, 2.05) is 25.7 Å². The van der Waals surface area contributed by atoms with Crippen molar-refractivity contribution in [3.05, 3.63) is 0 Å². The largest absolute Gasteiger partial charge is 0.444 e. The fourth-order valence-corrected chi connectivity index (χ4v) is 2.80. The highest BCUT2D eigenvalue weighted by Gasteiger charge is 2.30. The smallest absolute Gasteiger partial charge is 0.410 e. The van der Waals surface area contributed by atoms with Crippen molar-refractivity contribution < 1.29 is 9.53 Å². The first-order chi connectivity index (χ1) is 9.33. The van der Waals surface area contributed by atoms with Gasteiger partial charge >= 0.3 is 6.09 Å². The Balaban J connectivity index is 1.65. The van der Waals surface area contributed by atoms with Gasteiger partial charge in [0.1, 0.15) is 5.60 Å². The first kappa shape index (κ1) is 15.6. The highest BCUT2D eigenvalue weighted by Crippen LogP contribution is 2.33. The van der Waals surface area contributed by atoms with Crippen molar-refractivity contribution in [2.75, 3.05) is 19.6 Å². The van der Waals surface area contributed by atoms with Gasteiger partial charge in [-0.05, 0) is 58.9 Å². The van der Waals surface area contributed by atoms with Crippen LogP contribution in [0, 0.1) is 11.8 Å². The summed E-state index contributed by atoms with van der Waals surface area (Å²) in [6.07, 6.45) is 5.07. The predicted molar refractivity (Wildman–Crippen MR) is 80.7 cm³/mol. The SMILES string of the molecule is CC(CC1CC1)NCC1CCN(C(=O)OC(C)(C)C)C1. The average molecular weight is 282 g/mol. The van der Waals surface area contributed by atoms with E-state index in [-0.39, 0.29) is 6.09 Å². The van der Waals surface area contributed by atoms with Crippen molar-refractivity contribution in [1.29, 1.82) is 0 Å². The molecule has 0 bridgehead atoms. The summed E-state index contributed by atoms with van der Waals surface area (Å²) in [5.41, 5.74) is -0.397. The average Bonchev–Trinajstić information content (AvgIpc) is 3.00. The Bertz CT molecular complexity index is 334. The number of likely N-dealkylation sites (tertiary alicyclic amines) is 1. The molecule has 0 aromatic heterocycles. The van der Waals surface area contributed by atoms with E-state index >= 15 is 0 Å². The number of ether oxygens (including phenoxy) is 1. The second-order valence-corrected chi connectivity index (χ2v) is 7.57. The molecular weight excluding hydrogens is 252 g/mol. The zero-order chi connectivity index (χ0) is 14.8. The summed E-state index contributed by atoms with van der Waals surface area (Å²) >= 11 is 0. The first-order valence-electron chi connectivity index (χ1n) is 8.05. The summed E-state index contributed by atoms with van der Waals surface area (Å²) in [7, 11) is 0. The minimum Gasteiger partial charge on any atom is -0.444 e. The van der Waals surface area contributed by atoms with Gasteiger partial charge in [-0.25, -0.2) is 4.79 Å². The second kappa shape index (κ2) is 6.33. The van der Waals surface area contributed by atoms with E-state index in [0.717, 1.165) is 32.0 Å². The molecule has 2 fully saturated rings. The zero-order valence-corrected chi connectivity index (χ0v) is 13.4. The van der Waals surface area contributed by atoms with E-state index in [9.17, 15) is 4.79 Å². The first-order valence-corrected chi connectivity index (χ1v) is 8.05. The number of hydrogen-bond acceptors (Lipinski definition) is 3. The topological polar surface area (TPSA) is 41.6 Å². The molecule has 0 aromatic carbocycles. The lowest BCUT2D eigenvalue weighted by Gasteiger charge is -2.24. The van der Waals surface area contributed by atoms with Crippen LogP contribution in [0.1, 0.15) is 53.4 Å². The lowest BCUT2D eigenvalue weighted by Crippen LogP contribution is -2.37. The minimum absolute atomic E-state index is 0.161. The molecule has 1 aliphatic carbocycles. The van der Waals surface area contributed by atoms with Gasteiger partial charge < -0.3 is 15.0 Å². The molecule has 2 rings (SSSR count). The number of amides is 1. The summed E-state index contributed by atoms with van der Waals surface area (Å²) in [5, 5.41) is 3.62. The molecular formula is C16H30N2O2. The Morgan fingerprint density at radius 3 is 2.60 bits per heavy atom. The van der Waals surface area contributed by atoms with Crippen molar-refractivity contribution in [2.24, 2.45) is 11.8 Å². The number of nitrogens with one attached hydrogen (secondary N) is 1. The summed E-state index contributed by atoms with van der Waals surface area (Å²) < 4.78 is 5.42. The van der Waals surface area contributed by atoms with E-state index in [1.54, 1.807) is 0 Å². The number of hydrogen-bond donors (Lipinski definition) is 1. The highest BCUT2D eigenvalue weighted by molar-refractivity contribution is 5.68. The van der Waals surface area contributed by atoms with Crippen LogP contribution in [-0.2, 0) is 4.74 Å². The van der Waals surface area contributed by atoms with E-state index in [1.165, 1.54) is 19.3 Å². The fourth-order valence-electron chi connectivity index (χ4n) is 2.80. The fraction of sp³-hybridized carbons (Fsp3) is 0.938. The second-order valence-electron chi connectivity index (χ2n) is 7.57. The van der Waals surface area contributed by atoms with E-state index in [0.29, 0.717) is 12.0 Å². The molecule has 1 saturated heterocycles. The Kier molecular flexibility index (Phi) is 4.95. The standard InChI is InChI=1S/C16H30N2O2/c1-12(9-13-5-6-13)17-10-14-7-8-18(11-14)15(19)20-16(2,3)4/h12-14,17H,5-11H2,1-4H3. The zero-order valence-electron chi connectivity index (χ0n) is 13.4. The molecule has 116 valence electrons. The molecule has 2 atom stereocenters. The van der Waals surface area contributed by atoms with Gasteiger partial charge in [0.25, 0.3) is 0 Å². The van der Waals surface area contributed by atoms with Crippen LogP contribution >= 0.6 is 0 Å². The Labute approximate surface area is 123 Å². The maximum Gasteiger partial charge on any atom is 0.410 e. The van der Waals surface area contributed by atoms with Gasteiger partial charge in [-0.3, -0.25) is 0 Å². The van der Waals surface area contributed by atoms with Crippen LogP contribution in [0.3, 0.4) is 0 Å². The molecule has 4 nitrogen and oxygen atoms in total. The van der Waals surface area contributed by atoms with Crippen LogP contribution in [0.25, 0.3) is 0 Å². The number of nitrogens with zero attached hydrogens (tertiary/aromatic N) is 1. The van der Waals surface area contributed by atoms with E-state index in [4.69, 9.17) is 4.74 Å². The molecule has 1 saturated carbocycles. The molecule has 1 aliphatic heterocycles. The number of rotatable bonds is 5. The molecule has 4 heteroatoms. The lowest BCUT2D eigenvalue weighted by molar-refractivity contribution is 0.0288. The van der Waals surface area contributed by atoms with Crippen molar-refractivity contribution in [3.8, 4) is 0 Å². The molecule has 0 radical (unpaired) electrons. The molecule has 0 spiro atoms. The maximum absolute atomic E-state index is 12.0. The predicted octanol–water partition coefficient (Wildman–Crippen LogP) is 3.02. The van der Waals surface area contributed by atoms with Gasteiger partial charge in [-0.2, -0.15) is 0 Å². The third-order valence-electron chi connectivity index (χ3n) is 4.08. The third kappa shape index (κ3) is 5.31. The van der Waals surface area contributed by atoms with Crippen molar-refractivity contribution >= 4 is 6.09 Å². The van der Waals surface area contributed by atoms with Crippen LogP contribution in [0.4, 0.5) is 4.79 Å². The van der Waals surface area contributed by atoms with Gasteiger partial charge in [0.2, 0.25) is 0 Å². The molecule has 2 aliphatic rings. The molecule has 0 aromatic rings. The summed E-state index contributed by atoms with van der Waals surface area (Å²) in [6.45, 7) is 10.7. The van der Waals surface area contributed by atoms with Crippen LogP contribution in [-0.4, -0.2) is 42.3 Å².